The molecule has 0 amide bonds. The summed E-state index contributed by atoms with van der Waals surface area (Å²) in [6.45, 7) is 3.05. The first-order valence-corrected chi connectivity index (χ1v) is 24.6. The van der Waals surface area contributed by atoms with Crippen molar-refractivity contribution in [1.29, 1.82) is 0 Å². The van der Waals surface area contributed by atoms with Crippen molar-refractivity contribution in [3.8, 4) is 62.0 Å². The van der Waals surface area contributed by atoms with Gasteiger partial charge in [0.15, 0.2) is 23.0 Å². The Balaban J connectivity index is 0.856. The average Bonchev–Trinajstić information content (AvgIpc) is 4.11. The highest BCUT2D eigenvalue weighted by Crippen LogP contribution is 2.44. The predicted molar refractivity (Wildman–Crippen MR) is 256 cm³/mol. The molecule has 8 aromatic rings. The van der Waals surface area contributed by atoms with Crippen molar-refractivity contribution in [2.75, 3.05) is 52.9 Å². The van der Waals surface area contributed by atoms with Crippen LogP contribution >= 0.6 is 68.0 Å². The highest BCUT2D eigenvalue weighted by Gasteiger charge is 2.15. The van der Waals surface area contributed by atoms with Crippen LogP contribution in [0.3, 0.4) is 0 Å². The fourth-order valence-corrected chi connectivity index (χ4v) is 12.2. The molecule has 0 spiro atoms. The third-order valence-corrected chi connectivity index (χ3v) is 15.9. The monoisotopic (exact) mass is 904 g/mol. The van der Waals surface area contributed by atoms with E-state index in [2.05, 4.69) is 119 Å². The number of hydrogen-bond acceptors (Lipinski definition) is 12. The fraction of sp³-hybridized carbons (Fsp3) is 0.167. The number of ether oxygens (including phenoxy) is 6. The molecule has 0 saturated carbocycles. The summed E-state index contributed by atoms with van der Waals surface area (Å²) in [6, 6.07) is 33.8. The second-order valence-electron chi connectivity index (χ2n) is 13.4. The summed E-state index contributed by atoms with van der Waals surface area (Å²) < 4.78 is 36.7. The topological polar surface area (TPSA) is 55.4 Å². The summed E-state index contributed by atoms with van der Waals surface area (Å²) in [6.07, 6.45) is 8.65. The number of hydrogen-bond donors (Lipinski definition) is 0. The van der Waals surface area contributed by atoms with Gasteiger partial charge in [-0.1, -0.05) is 60.7 Å². The molecule has 1 aliphatic rings. The van der Waals surface area contributed by atoms with E-state index in [1.807, 2.05) is 46.9 Å². The molecular weight excluding hydrogens is 865 g/mol. The molecule has 9 rings (SSSR count). The third kappa shape index (κ3) is 10.2. The normalized spacial score (nSPS) is 14.4. The summed E-state index contributed by atoms with van der Waals surface area (Å²) in [5.41, 5.74) is 4.41. The predicted octanol–water partition coefficient (Wildman–Crippen LogP) is 14.3. The van der Waals surface area contributed by atoms with Crippen molar-refractivity contribution in [3.05, 3.63) is 141 Å². The van der Waals surface area contributed by atoms with Crippen molar-refractivity contribution >= 4 is 92.3 Å². The van der Waals surface area contributed by atoms with Gasteiger partial charge in [0.05, 0.1) is 36.2 Å². The van der Waals surface area contributed by atoms with E-state index in [4.69, 9.17) is 28.4 Å². The van der Waals surface area contributed by atoms with Gasteiger partial charge >= 0.3 is 0 Å². The zero-order valence-corrected chi connectivity index (χ0v) is 37.3. The standard InChI is InChI=1S/C48H40O6S6/c1-5-41(55-25-1)45-31-35(47(59-45)43-7-3-27-57-43)13-9-33-11-15-37-39(29-33)53-23-19-50-20-24-54-40-30-34(12-16-38(40)52-22-18-49-17-21-51-37)10-14-36-32-46(42-6-2-26-56-42)60-48(36)44-8-4-28-58-44/h1-16,25-32H,17-24H2/b13-9+,14-10+. The van der Waals surface area contributed by atoms with Crippen molar-refractivity contribution < 1.29 is 28.4 Å². The molecule has 0 radical (unpaired) electrons. The van der Waals surface area contributed by atoms with E-state index >= 15 is 0 Å². The molecule has 0 unspecified atom stereocenters. The number of fused-ring (bicyclic) bond motifs is 2. The quantitative estimate of drug-likeness (QED) is 0.151. The van der Waals surface area contributed by atoms with Gasteiger partial charge < -0.3 is 28.4 Å². The summed E-state index contributed by atoms with van der Waals surface area (Å²) in [4.78, 5) is 10.2. The smallest absolute Gasteiger partial charge is 0.161 e. The lowest BCUT2D eigenvalue weighted by Crippen LogP contribution is -2.15. The minimum absolute atomic E-state index is 0.357. The molecule has 304 valence electrons. The third-order valence-electron chi connectivity index (χ3n) is 9.33. The Kier molecular flexibility index (Phi) is 13.7. The first-order chi connectivity index (χ1) is 29.7. The van der Waals surface area contributed by atoms with Gasteiger partial charge in [0.1, 0.15) is 26.4 Å². The average molecular weight is 905 g/mol. The summed E-state index contributed by atoms with van der Waals surface area (Å²) in [5.74, 6) is 2.64. The largest absolute Gasteiger partial charge is 0.487 e. The van der Waals surface area contributed by atoms with Gasteiger partial charge in [0.25, 0.3) is 0 Å². The first-order valence-electron chi connectivity index (χ1n) is 19.5. The van der Waals surface area contributed by atoms with Gasteiger partial charge in [-0.05, 0) is 104 Å². The van der Waals surface area contributed by atoms with Crippen LogP contribution in [0, 0.1) is 0 Å². The highest BCUT2D eigenvalue weighted by molar-refractivity contribution is 7.26. The van der Waals surface area contributed by atoms with Crippen LogP contribution in [-0.4, -0.2) is 52.9 Å². The van der Waals surface area contributed by atoms with E-state index in [1.54, 1.807) is 45.3 Å². The van der Waals surface area contributed by atoms with Crippen LogP contribution in [0.2, 0.25) is 0 Å². The van der Waals surface area contributed by atoms with Crippen molar-refractivity contribution in [2.45, 2.75) is 0 Å². The SMILES string of the molecule is C(=C\c1cc(-c2cccs2)sc1-c1cccs1)/c1ccc2c(c1)OCCOCCOc1cc(/C=C/c3cc(-c4cccs4)sc3-c3cccs3)ccc1OCCOCCO2. The zero-order chi connectivity index (χ0) is 40.4. The summed E-state index contributed by atoms with van der Waals surface area (Å²) in [5, 5.41) is 8.51. The van der Waals surface area contributed by atoms with Gasteiger partial charge in [0.2, 0.25) is 0 Å². The molecule has 0 aliphatic carbocycles. The molecular formula is C48H40O6S6. The van der Waals surface area contributed by atoms with Gasteiger partial charge in [-0.3, -0.25) is 0 Å². The van der Waals surface area contributed by atoms with Crippen molar-refractivity contribution in [1.82, 2.24) is 0 Å². The van der Waals surface area contributed by atoms with Crippen LogP contribution in [0.15, 0.2) is 119 Å². The minimum atomic E-state index is 0.357. The first kappa shape index (κ1) is 40.6. The maximum absolute atomic E-state index is 6.27. The Hall–Kier alpha value is -4.76. The van der Waals surface area contributed by atoms with Crippen LogP contribution in [0.5, 0.6) is 23.0 Å². The molecule has 7 heterocycles. The molecule has 1 aliphatic heterocycles. The second kappa shape index (κ2) is 20.2. The summed E-state index contributed by atoms with van der Waals surface area (Å²) in [7, 11) is 0. The minimum Gasteiger partial charge on any atom is -0.487 e. The lowest BCUT2D eigenvalue weighted by molar-refractivity contribution is 0.0640. The van der Waals surface area contributed by atoms with E-state index < -0.39 is 0 Å². The van der Waals surface area contributed by atoms with Gasteiger partial charge in [-0.15, -0.1) is 68.0 Å². The molecule has 12 heteroatoms. The van der Waals surface area contributed by atoms with E-state index in [1.165, 1.54) is 50.1 Å². The van der Waals surface area contributed by atoms with Gasteiger partial charge in [0, 0.05) is 29.3 Å². The van der Waals surface area contributed by atoms with E-state index in [0.29, 0.717) is 75.9 Å². The Morgan fingerprint density at radius 3 is 1.12 bits per heavy atom. The van der Waals surface area contributed by atoms with Crippen LogP contribution in [-0.2, 0) is 9.47 Å². The van der Waals surface area contributed by atoms with Gasteiger partial charge in [-0.2, -0.15) is 0 Å². The Bertz CT molecular complexity index is 2430. The molecule has 6 aromatic heterocycles. The molecule has 0 bridgehead atoms. The fourth-order valence-electron chi connectivity index (χ4n) is 6.48. The van der Waals surface area contributed by atoms with Crippen molar-refractivity contribution in [2.24, 2.45) is 0 Å². The number of thiophene rings is 6. The Morgan fingerprint density at radius 2 is 0.733 bits per heavy atom. The molecule has 60 heavy (non-hydrogen) atoms. The lowest BCUT2D eigenvalue weighted by Gasteiger charge is -2.16. The Morgan fingerprint density at radius 1 is 0.350 bits per heavy atom. The van der Waals surface area contributed by atoms with E-state index in [0.717, 1.165) is 11.1 Å². The highest BCUT2D eigenvalue weighted by atomic mass is 32.1. The molecule has 6 nitrogen and oxygen atoms in total. The second-order valence-corrected chi connectivity index (χ2v) is 19.3. The molecule has 0 saturated heterocycles. The van der Waals surface area contributed by atoms with Crippen LogP contribution in [0.4, 0.5) is 0 Å². The zero-order valence-electron chi connectivity index (χ0n) is 32.4. The van der Waals surface area contributed by atoms with E-state index in [9.17, 15) is 0 Å². The maximum atomic E-state index is 6.27. The number of benzene rings is 2. The molecule has 2 aromatic carbocycles. The molecule has 0 N–H and O–H groups in total. The number of rotatable bonds is 8. The molecule has 0 fully saturated rings. The molecule has 0 atom stereocenters. The summed E-state index contributed by atoms with van der Waals surface area (Å²) >= 11 is 10.7. The van der Waals surface area contributed by atoms with Crippen LogP contribution < -0.4 is 18.9 Å². The van der Waals surface area contributed by atoms with Crippen molar-refractivity contribution in [3.63, 3.8) is 0 Å². The van der Waals surface area contributed by atoms with Gasteiger partial charge in [-0.25, -0.2) is 0 Å². The van der Waals surface area contributed by atoms with Crippen LogP contribution in [0.25, 0.3) is 63.3 Å². The van der Waals surface area contributed by atoms with E-state index in [-0.39, 0.29) is 0 Å². The van der Waals surface area contributed by atoms with Crippen LogP contribution in [0.1, 0.15) is 22.3 Å². The lowest BCUT2D eigenvalue weighted by atomic mass is 10.1. The maximum Gasteiger partial charge on any atom is 0.161 e. The Labute approximate surface area is 373 Å².